The van der Waals surface area contributed by atoms with Crippen molar-refractivity contribution in [2.24, 2.45) is 0 Å². The first-order chi connectivity index (χ1) is 8.31. The van der Waals surface area contributed by atoms with Crippen LogP contribution in [0.25, 0.3) is 0 Å². The maximum atomic E-state index is 13.2. The van der Waals surface area contributed by atoms with Gasteiger partial charge in [0.2, 0.25) is 0 Å². The topological polar surface area (TPSA) is 35.5 Å². The summed E-state index contributed by atoms with van der Waals surface area (Å²) in [5, 5.41) is 12.5. The van der Waals surface area contributed by atoms with Crippen molar-refractivity contribution in [3.05, 3.63) is 35.6 Å². The highest BCUT2D eigenvalue weighted by atomic mass is 19.1. The average molecular weight is 238 g/mol. The molecule has 1 heterocycles. The van der Waals surface area contributed by atoms with E-state index in [9.17, 15) is 4.39 Å². The number of hydrogen-bond acceptors (Lipinski definition) is 3. The number of benzene rings is 1. The second-order valence-corrected chi connectivity index (χ2v) is 4.37. The molecule has 94 valence electrons. The third-order valence-electron chi connectivity index (χ3n) is 3.23. The fourth-order valence-electron chi connectivity index (χ4n) is 2.39. The summed E-state index contributed by atoms with van der Waals surface area (Å²) in [6.07, 6.45) is 0.656. The first-order valence-corrected chi connectivity index (χ1v) is 6.12. The molecule has 0 bridgehead atoms. The summed E-state index contributed by atoms with van der Waals surface area (Å²) < 4.78 is 13.2. The Labute approximate surface area is 101 Å². The van der Waals surface area contributed by atoms with Crippen LogP contribution in [-0.2, 0) is 0 Å². The number of nitrogens with one attached hydrogen (secondary N) is 1. The van der Waals surface area contributed by atoms with Gasteiger partial charge in [-0.3, -0.25) is 4.90 Å². The molecule has 1 aliphatic heterocycles. The molecule has 2 N–H and O–H groups in total. The molecule has 17 heavy (non-hydrogen) atoms. The molecule has 1 fully saturated rings. The Morgan fingerprint density at radius 1 is 1.35 bits per heavy atom. The first-order valence-electron chi connectivity index (χ1n) is 6.12. The molecule has 0 saturated carbocycles. The van der Waals surface area contributed by atoms with Gasteiger partial charge in [0.1, 0.15) is 5.82 Å². The van der Waals surface area contributed by atoms with Crippen LogP contribution in [0.3, 0.4) is 0 Å². The summed E-state index contributed by atoms with van der Waals surface area (Å²) in [6, 6.07) is 6.82. The Morgan fingerprint density at radius 2 is 2.12 bits per heavy atom. The van der Waals surface area contributed by atoms with Crippen molar-refractivity contribution >= 4 is 0 Å². The normalized spacial score (nSPS) is 19.2. The highest BCUT2D eigenvalue weighted by Gasteiger charge is 2.21. The molecule has 2 rings (SSSR count). The van der Waals surface area contributed by atoms with E-state index in [2.05, 4.69) is 10.2 Å². The highest BCUT2D eigenvalue weighted by molar-refractivity contribution is 5.20. The van der Waals surface area contributed by atoms with Gasteiger partial charge in [-0.15, -0.1) is 0 Å². The summed E-state index contributed by atoms with van der Waals surface area (Å²) in [6.45, 7) is 3.93. The predicted octanol–water partition coefficient (Wildman–Crippen LogP) is 1.15. The molecule has 0 unspecified atom stereocenters. The molecule has 1 aromatic carbocycles. The number of nitrogens with zero attached hydrogens (tertiary/aromatic N) is 1. The molecule has 4 heteroatoms. The zero-order chi connectivity index (χ0) is 12.1. The van der Waals surface area contributed by atoms with E-state index in [4.69, 9.17) is 5.11 Å². The minimum absolute atomic E-state index is 0.123. The van der Waals surface area contributed by atoms with Crippen LogP contribution in [0.1, 0.15) is 18.0 Å². The van der Waals surface area contributed by atoms with Gasteiger partial charge in [0, 0.05) is 38.8 Å². The Morgan fingerprint density at radius 3 is 2.76 bits per heavy atom. The predicted molar refractivity (Wildman–Crippen MR) is 65.3 cm³/mol. The van der Waals surface area contributed by atoms with E-state index in [1.807, 2.05) is 6.07 Å². The molecule has 1 aliphatic rings. The SMILES string of the molecule is OCC[C@H](c1cccc(F)c1)N1CCNCC1. The Bertz CT molecular complexity index is 353. The van der Waals surface area contributed by atoms with Gasteiger partial charge in [0.25, 0.3) is 0 Å². The van der Waals surface area contributed by atoms with E-state index in [0.717, 1.165) is 31.7 Å². The van der Waals surface area contributed by atoms with Crippen LogP contribution < -0.4 is 5.32 Å². The summed E-state index contributed by atoms with van der Waals surface area (Å²) in [5.41, 5.74) is 0.959. The van der Waals surface area contributed by atoms with Crippen LogP contribution in [0, 0.1) is 5.82 Å². The van der Waals surface area contributed by atoms with Gasteiger partial charge in [-0.2, -0.15) is 0 Å². The zero-order valence-corrected chi connectivity index (χ0v) is 9.90. The van der Waals surface area contributed by atoms with E-state index in [1.54, 1.807) is 12.1 Å². The Hall–Kier alpha value is -0.970. The largest absolute Gasteiger partial charge is 0.396 e. The quantitative estimate of drug-likeness (QED) is 0.826. The molecular weight excluding hydrogens is 219 g/mol. The number of rotatable bonds is 4. The molecular formula is C13H19FN2O. The Kier molecular flexibility index (Phi) is 4.48. The molecule has 0 amide bonds. The monoisotopic (exact) mass is 238 g/mol. The number of hydrogen-bond donors (Lipinski definition) is 2. The summed E-state index contributed by atoms with van der Waals surface area (Å²) in [5.74, 6) is -0.208. The maximum Gasteiger partial charge on any atom is 0.123 e. The van der Waals surface area contributed by atoms with E-state index >= 15 is 0 Å². The van der Waals surface area contributed by atoms with Crippen LogP contribution in [-0.4, -0.2) is 42.8 Å². The first kappa shape index (κ1) is 12.5. The van der Waals surface area contributed by atoms with Gasteiger partial charge < -0.3 is 10.4 Å². The van der Waals surface area contributed by atoms with Gasteiger partial charge >= 0.3 is 0 Å². The zero-order valence-electron chi connectivity index (χ0n) is 9.90. The van der Waals surface area contributed by atoms with Gasteiger partial charge in [-0.05, 0) is 24.1 Å². The van der Waals surface area contributed by atoms with Gasteiger partial charge in [-0.1, -0.05) is 12.1 Å². The van der Waals surface area contributed by atoms with Gasteiger partial charge in [0.15, 0.2) is 0 Å². The smallest absolute Gasteiger partial charge is 0.123 e. The summed E-state index contributed by atoms with van der Waals surface area (Å²) >= 11 is 0. The molecule has 1 aromatic rings. The molecule has 3 nitrogen and oxygen atoms in total. The second kappa shape index (κ2) is 6.10. The summed E-state index contributed by atoms with van der Waals surface area (Å²) in [4.78, 5) is 2.31. The minimum Gasteiger partial charge on any atom is -0.396 e. The summed E-state index contributed by atoms with van der Waals surface area (Å²) in [7, 11) is 0. The molecule has 0 radical (unpaired) electrons. The van der Waals surface area contributed by atoms with Crippen molar-refractivity contribution in [1.29, 1.82) is 0 Å². The van der Waals surface area contributed by atoms with Crippen molar-refractivity contribution in [3.63, 3.8) is 0 Å². The lowest BCUT2D eigenvalue weighted by molar-refractivity contribution is 0.141. The van der Waals surface area contributed by atoms with E-state index in [-0.39, 0.29) is 18.5 Å². The second-order valence-electron chi connectivity index (χ2n) is 4.37. The highest BCUT2D eigenvalue weighted by Crippen LogP contribution is 2.24. The number of aliphatic hydroxyl groups excluding tert-OH is 1. The lowest BCUT2D eigenvalue weighted by Crippen LogP contribution is -2.45. The molecule has 1 atom stereocenters. The molecule has 1 saturated heterocycles. The van der Waals surface area contributed by atoms with Crippen molar-refractivity contribution in [1.82, 2.24) is 10.2 Å². The molecule has 0 spiro atoms. The number of aliphatic hydroxyl groups is 1. The van der Waals surface area contributed by atoms with Crippen molar-refractivity contribution in [2.75, 3.05) is 32.8 Å². The molecule has 0 aliphatic carbocycles. The van der Waals surface area contributed by atoms with E-state index in [0.29, 0.717) is 6.42 Å². The maximum absolute atomic E-state index is 13.2. The van der Waals surface area contributed by atoms with Crippen molar-refractivity contribution in [3.8, 4) is 0 Å². The fourth-order valence-corrected chi connectivity index (χ4v) is 2.39. The average Bonchev–Trinajstić information content (AvgIpc) is 2.37. The lowest BCUT2D eigenvalue weighted by atomic mass is 10.0. The number of piperazine rings is 1. The lowest BCUT2D eigenvalue weighted by Gasteiger charge is -2.35. The minimum atomic E-state index is -0.208. The molecule has 0 aromatic heterocycles. The van der Waals surface area contributed by atoms with Gasteiger partial charge in [-0.25, -0.2) is 4.39 Å². The van der Waals surface area contributed by atoms with Crippen LogP contribution in [0.5, 0.6) is 0 Å². The van der Waals surface area contributed by atoms with Crippen LogP contribution >= 0.6 is 0 Å². The Balaban J connectivity index is 2.15. The van der Waals surface area contributed by atoms with Crippen LogP contribution in [0.4, 0.5) is 4.39 Å². The third-order valence-corrected chi connectivity index (χ3v) is 3.23. The fraction of sp³-hybridized carbons (Fsp3) is 0.538. The number of halogens is 1. The van der Waals surface area contributed by atoms with E-state index in [1.165, 1.54) is 6.07 Å². The van der Waals surface area contributed by atoms with Crippen molar-refractivity contribution < 1.29 is 9.50 Å². The van der Waals surface area contributed by atoms with E-state index < -0.39 is 0 Å². The third kappa shape index (κ3) is 3.25. The van der Waals surface area contributed by atoms with Crippen LogP contribution in [0.15, 0.2) is 24.3 Å². The standard InChI is InChI=1S/C13H19FN2O/c14-12-3-1-2-11(10-12)13(4-9-17)16-7-5-15-6-8-16/h1-3,10,13,15,17H,4-9H2/t13-/m1/s1. The van der Waals surface area contributed by atoms with Gasteiger partial charge in [0.05, 0.1) is 0 Å². The van der Waals surface area contributed by atoms with Crippen LogP contribution in [0.2, 0.25) is 0 Å². The van der Waals surface area contributed by atoms with Crippen molar-refractivity contribution in [2.45, 2.75) is 12.5 Å².